The number of ether oxygens (including phenoxy) is 1. The Morgan fingerprint density at radius 3 is 2.93 bits per heavy atom. The number of hydrogen-bond acceptors (Lipinski definition) is 2. The fourth-order valence-electron chi connectivity index (χ4n) is 1.71. The van der Waals surface area contributed by atoms with Gasteiger partial charge in [-0.3, -0.25) is 0 Å². The van der Waals surface area contributed by atoms with Gasteiger partial charge in [0.1, 0.15) is 5.75 Å². The number of hydrogen-bond donors (Lipinski definition) is 1. The van der Waals surface area contributed by atoms with E-state index in [0.29, 0.717) is 17.4 Å². The Bertz CT molecular complexity index is 401. The first-order valence-electron chi connectivity index (χ1n) is 4.87. The number of fused-ring (bicyclic) bond motifs is 1. The number of halogens is 1. The van der Waals surface area contributed by atoms with E-state index in [-0.39, 0.29) is 5.56 Å². The molecule has 0 radical (unpaired) electrons. The van der Waals surface area contributed by atoms with Crippen molar-refractivity contribution < 1.29 is 14.6 Å². The highest BCUT2D eigenvalue weighted by molar-refractivity contribution is 6.32. The smallest absolute Gasteiger partial charge is 0.335 e. The van der Waals surface area contributed by atoms with Crippen LogP contribution in [0, 0.1) is 0 Å². The van der Waals surface area contributed by atoms with Crippen LogP contribution in [-0.2, 0) is 6.42 Å². The van der Waals surface area contributed by atoms with Gasteiger partial charge >= 0.3 is 5.97 Å². The zero-order valence-electron chi connectivity index (χ0n) is 8.12. The predicted molar refractivity (Wildman–Crippen MR) is 56.8 cm³/mol. The number of benzene rings is 1. The van der Waals surface area contributed by atoms with E-state index in [0.717, 1.165) is 24.8 Å². The molecule has 0 aliphatic carbocycles. The molecule has 1 N–H and O–H groups in total. The van der Waals surface area contributed by atoms with Crippen LogP contribution in [-0.4, -0.2) is 17.7 Å². The lowest BCUT2D eigenvalue weighted by atomic mass is 10.0. The van der Waals surface area contributed by atoms with Crippen molar-refractivity contribution in [1.82, 2.24) is 0 Å². The van der Waals surface area contributed by atoms with E-state index in [9.17, 15) is 4.79 Å². The second-order valence-corrected chi connectivity index (χ2v) is 3.96. The summed E-state index contributed by atoms with van der Waals surface area (Å²) in [5.41, 5.74) is 1.13. The summed E-state index contributed by atoms with van der Waals surface area (Å²) < 4.78 is 5.49. The molecule has 0 saturated heterocycles. The third-order valence-electron chi connectivity index (χ3n) is 2.45. The molecule has 0 amide bonds. The van der Waals surface area contributed by atoms with Gasteiger partial charge < -0.3 is 9.84 Å². The van der Waals surface area contributed by atoms with E-state index in [4.69, 9.17) is 21.4 Å². The van der Waals surface area contributed by atoms with Crippen molar-refractivity contribution in [2.24, 2.45) is 0 Å². The molecule has 1 heterocycles. The molecule has 0 aromatic heterocycles. The largest absolute Gasteiger partial charge is 0.492 e. The Morgan fingerprint density at radius 1 is 1.40 bits per heavy atom. The quantitative estimate of drug-likeness (QED) is 0.801. The molecule has 15 heavy (non-hydrogen) atoms. The molecule has 0 saturated carbocycles. The maximum Gasteiger partial charge on any atom is 0.335 e. The topological polar surface area (TPSA) is 46.5 Å². The molecule has 4 heteroatoms. The van der Waals surface area contributed by atoms with Crippen LogP contribution in [0.5, 0.6) is 5.75 Å². The molecule has 0 fully saturated rings. The van der Waals surface area contributed by atoms with Crippen LogP contribution >= 0.6 is 11.6 Å². The zero-order chi connectivity index (χ0) is 10.8. The second-order valence-electron chi connectivity index (χ2n) is 3.56. The van der Waals surface area contributed by atoms with Gasteiger partial charge in [0.15, 0.2) is 0 Å². The minimum atomic E-state index is -0.955. The van der Waals surface area contributed by atoms with Gasteiger partial charge in [0.05, 0.1) is 17.2 Å². The molecule has 0 bridgehead atoms. The SMILES string of the molecule is O=C(O)c1cc(Cl)c2c(c1)CCCCO2. The summed E-state index contributed by atoms with van der Waals surface area (Å²) in [5.74, 6) is -0.303. The number of aromatic carboxylic acids is 1. The minimum Gasteiger partial charge on any atom is -0.492 e. The van der Waals surface area contributed by atoms with Gasteiger partial charge in [-0.1, -0.05) is 11.6 Å². The van der Waals surface area contributed by atoms with Crippen LogP contribution in [0.3, 0.4) is 0 Å². The minimum absolute atomic E-state index is 0.226. The Morgan fingerprint density at radius 2 is 2.20 bits per heavy atom. The molecule has 0 atom stereocenters. The van der Waals surface area contributed by atoms with Gasteiger partial charge in [-0.15, -0.1) is 0 Å². The molecule has 1 aliphatic heterocycles. The summed E-state index contributed by atoms with van der Waals surface area (Å²) in [6, 6.07) is 3.09. The molecule has 1 aromatic rings. The van der Waals surface area contributed by atoms with Crippen LogP contribution < -0.4 is 4.74 Å². The fourth-order valence-corrected chi connectivity index (χ4v) is 2.01. The number of carboxylic acid groups (broad SMARTS) is 1. The number of carboxylic acids is 1. The summed E-state index contributed by atoms with van der Waals surface area (Å²) in [6.07, 6.45) is 2.82. The summed E-state index contributed by atoms with van der Waals surface area (Å²) in [7, 11) is 0. The van der Waals surface area contributed by atoms with Crippen LogP contribution in [0.25, 0.3) is 0 Å². The number of rotatable bonds is 1. The van der Waals surface area contributed by atoms with Gasteiger partial charge in [-0.25, -0.2) is 4.79 Å². The Kier molecular flexibility index (Phi) is 2.82. The predicted octanol–water partition coefficient (Wildman–Crippen LogP) is 2.75. The average Bonchev–Trinajstić information content (AvgIpc) is 2.42. The van der Waals surface area contributed by atoms with Gasteiger partial charge in [0, 0.05) is 0 Å². The van der Waals surface area contributed by atoms with Crippen molar-refractivity contribution in [3.05, 3.63) is 28.3 Å². The summed E-state index contributed by atoms with van der Waals surface area (Å²) in [5, 5.41) is 9.28. The van der Waals surface area contributed by atoms with E-state index < -0.39 is 5.97 Å². The first-order chi connectivity index (χ1) is 7.18. The van der Waals surface area contributed by atoms with Crippen molar-refractivity contribution in [1.29, 1.82) is 0 Å². The average molecular weight is 227 g/mol. The first kappa shape index (κ1) is 10.3. The monoisotopic (exact) mass is 226 g/mol. The fraction of sp³-hybridized carbons (Fsp3) is 0.364. The first-order valence-corrected chi connectivity index (χ1v) is 5.25. The van der Waals surface area contributed by atoms with E-state index in [1.165, 1.54) is 6.07 Å². The molecule has 2 rings (SSSR count). The van der Waals surface area contributed by atoms with Crippen molar-refractivity contribution in [2.75, 3.05) is 6.61 Å². The maximum absolute atomic E-state index is 10.8. The molecular formula is C11H11ClO3. The van der Waals surface area contributed by atoms with E-state index in [1.54, 1.807) is 6.07 Å². The van der Waals surface area contributed by atoms with Crippen LogP contribution in [0.4, 0.5) is 0 Å². The zero-order valence-corrected chi connectivity index (χ0v) is 8.88. The van der Waals surface area contributed by atoms with Gasteiger partial charge in [-0.2, -0.15) is 0 Å². The van der Waals surface area contributed by atoms with E-state index >= 15 is 0 Å². The van der Waals surface area contributed by atoms with Crippen molar-refractivity contribution >= 4 is 17.6 Å². The summed E-state index contributed by atoms with van der Waals surface area (Å²) >= 11 is 5.98. The molecule has 1 aliphatic rings. The standard InChI is InChI=1S/C11H11ClO3/c12-9-6-8(11(13)14)5-7-3-1-2-4-15-10(7)9/h5-6H,1-4H2,(H,13,14). The normalized spacial score (nSPS) is 15.0. The van der Waals surface area contributed by atoms with Crippen LogP contribution in [0.2, 0.25) is 5.02 Å². The molecular weight excluding hydrogens is 216 g/mol. The van der Waals surface area contributed by atoms with Gasteiger partial charge in [0.25, 0.3) is 0 Å². The van der Waals surface area contributed by atoms with E-state index in [2.05, 4.69) is 0 Å². The molecule has 0 unspecified atom stereocenters. The molecule has 3 nitrogen and oxygen atoms in total. The van der Waals surface area contributed by atoms with Crippen molar-refractivity contribution in [2.45, 2.75) is 19.3 Å². The lowest BCUT2D eigenvalue weighted by Gasteiger charge is -2.09. The lowest BCUT2D eigenvalue weighted by Crippen LogP contribution is -2.00. The highest BCUT2D eigenvalue weighted by Crippen LogP contribution is 2.33. The molecule has 1 aromatic carbocycles. The number of carbonyl (C=O) groups is 1. The maximum atomic E-state index is 10.8. The second kappa shape index (κ2) is 4.11. The van der Waals surface area contributed by atoms with Gasteiger partial charge in [-0.05, 0) is 37.0 Å². The molecule has 80 valence electrons. The lowest BCUT2D eigenvalue weighted by molar-refractivity contribution is 0.0696. The highest BCUT2D eigenvalue weighted by Gasteiger charge is 2.16. The third-order valence-corrected chi connectivity index (χ3v) is 2.74. The Balaban J connectivity index is 2.48. The number of aryl methyl sites for hydroxylation is 1. The Labute approximate surface area is 92.6 Å². The summed E-state index contributed by atoms with van der Waals surface area (Å²) in [4.78, 5) is 10.8. The van der Waals surface area contributed by atoms with Crippen molar-refractivity contribution in [3.63, 3.8) is 0 Å². The van der Waals surface area contributed by atoms with E-state index in [1.807, 2.05) is 0 Å². The highest BCUT2D eigenvalue weighted by atomic mass is 35.5. The van der Waals surface area contributed by atoms with Gasteiger partial charge in [0.2, 0.25) is 0 Å². The summed E-state index contributed by atoms with van der Waals surface area (Å²) in [6.45, 7) is 0.652. The molecule has 0 spiro atoms. The third kappa shape index (κ3) is 2.07. The Hall–Kier alpha value is -1.22. The van der Waals surface area contributed by atoms with Crippen LogP contribution in [0.1, 0.15) is 28.8 Å². The van der Waals surface area contributed by atoms with Crippen molar-refractivity contribution in [3.8, 4) is 5.75 Å². The van der Waals surface area contributed by atoms with Crippen LogP contribution in [0.15, 0.2) is 12.1 Å².